The lowest BCUT2D eigenvalue weighted by atomic mass is 9.83. The monoisotopic (exact) mass is 506 g/mol. The van der Waals surface area contributed by atoms with Crippen LogP contribution in [0.2, 0.25) is 5.02 Å². The van der Waals surface area contributed by atoms with Crippen LogP contribution in [0.25, 0.3) is 11.1 Å². The van der Waals surface area contributed by atoms with E-state index in [4.69, 9.17) is 22.1 Å². The number of rotatable bonds is 4. The Morgan fingerprint density at radius 2 is 1.76 bits per heavy atom. The molecule has 2 aliphatic heterocycles. The van der Waals surface area contributed by atoms with E-state index >= 15 is 0 Å². The Balaban J connectivity index is 1.28. The van der Waals surface area contributed by atoms with E-state index in [0.717, 1.165) is 50.2 Å². The molecule has 3 aromatic carbocycles. The topological polar surface area (TPSA) is 101 Å². The first-order valence-corrected chi connectivity index (χ1v) is 12.4. The molecule has 0 aliphatic carbocycles. The maximum absolute atomic E-state index is 13.1. The van der Waals surface area contributed by atoms with E-state index in [2.05, 4.69) is 28.5 Å². The number of aromatic nitrogens is 1. The van der Waals surface area contributed by atoms with Gasteiger partial charge in [0.25, 0.3) is 5.91 Å². The van der Waals surface area contributed by atoms with Crippen molar-refractivity contribution in [3.05, 3.63) is 116 Å². The smallest absolute Gasteiger partial charge is 0.251 e. The van der Waals surface area contributed by atoms with Crippen molar-refractivity contribution in [2.75, 3.05) is 5.73 Å². The number of nitrogen functional groups attached to an aromatic ring is 1. The number of carbonyl (C=O) groups is 1. The summed E-state index contributed by atoms with van der Waals surface area (Å²) in [6.07, 6.45) is -0.417. The number of hydrogen-bond donors (Lipinski definition) is 2. The number of halogens is 1. The van der Waals surface area contributed by atoms with Gasteiger partial charge >= 0.3 is 0 Å². The number of aryl methyl sites for hydroxylation is 2. The average molecular weight is 507 g/mol. The Bertz CT molecular complexity index is 1630. The van der Waals surface area contributed by atoms with E-state index in [1.807, 2.05) is 50.2 Å². The van der Waals surface area contributed by atoms with Crippen LogP contribution in [-0.2, 0) is 11.3 Å². The number of nitrogens with one attached hydrogen (secondary N) is 1. The molecule has 182 valence electrons. The second-order valence-corrected chi connectivity index (χ2v) is 9.93. The molecule has 2 unspecified atom stereocenters. The highest BCUT2D eigenvalue weighted by Crippen LogP contribution is 2.55. The van der Waals surface area contributed by atoms with Crippen LogP contribution in [0.4, 0.5) is 5.82 Å². The maximum atomic E-state index is 13.1. The van der Waals surface area contributed by atoms with Gasteiger partial charge in [-0.2, -0.15) is 5.26 Å². The predicted molar refractivity (Wildman–Crippen MR) is 142 cm³/mol. The first kappa shape index (κ1) is 23.2. The minimum Gasteiger partial charge on any atom is -0.384 e. The van der Waals surface area contributed by atoms with Crippen molar-refractivity contribution in [3.8, 4) is 17.2 Å². The zero-order valence-electron chi connectivity index (χ0n) is 20.3. The van der Waals surface area contributed by atoms with E-state index < -0.39 is 0 Å². The molecule has 2 atom stereocenters. The fourth-order valence-corrected chi connectivity index (χ4v) is 5.61. The normalized spacial score (nSPS) is 16.7. The van der Waals surface area contributed by atoms with Crippen LogP contribution in [0.15, 0.2) is 60.7 Å². The highest BCUT2D eigenvalue weighted by atomic mass is 35.5. The van der Waals surface area contributed by atoms with Crippen molar-refractivity contribution in [1.29, 1.82) is 5.26 Å². The Labute approximate surface area is 219 Å². The number of fused-ring (bicyclic) bond motifs is 8. The van der Waals surface area contributed by atoms with Crippen LogP contribution in [-0.4, -0.2) is 10.9 Å². The van der Waals surface area contributed by atoms with Gasteiger partial charge in [-0.05, 0) is 94.8 Å². The molecule has 2 bridgehead atoms. The van der Waals surface area contributed by atoms with Crippen LogP contribution in [0.1, 0.15) is 67.2 Å². The number of pyridine rings is 1. The summed E-state index contributed by atoms with van der Waals surface area (Å²) in [7, 11) is 0. The third-order valence-electron chi connectivity index (χ3n) is 7.25. The van der Waals surface area contributed by atoms with Crippen molar-refractivity contribution in [1.82, 2.24) is 10.3 Å². The highest BCUT2D eigenvalue weighted by molar-refractivity contribution is 6.30. The first-order valence-electron chi connectivity index (χ1n) is 12.0. The molecular weight excluding hydrogens is 484 g/mol. The molecule has 0 radical (unpaired) electrons. The number of nitrogens with two attached hydrogens (primary N) is 1. The molecule has 0 fully saturated rings. The van der Waals surface area contributed by atoms with Crippen LogP contribution in [0.5, 0.6) is 0 Å². The average Bonchev–Trinajstić information content (AvgIpc) is 3.44. The predicted octanol–water partition coefficient (Wildman–Crippen LogP) is 5.93. The Morgan fingerprint density at radius 1 is 1.03 bits per heavy atom. The van der Waals surface area contributed by atoms with E-state index in [0.29, 0.717) is 28.5 Å². The molecule has 4 aromatic rings. The lowest BCUT2D eigenvalue weighted by Crippen LogP contribution is -2.24. The van der Waals surface area contributed by atoms with Gasteiger partial charge in [-0.1, -0.05) is 35.9 Å². The van der Waals surface area contributed by atoms with Crippen molar-refractivity contribution in [2.45, 2.75) is 32.6 Å². The van der Waals surface area contributed by atoms with Crippen molar-refractivity contribution in [3.63, 3.8) is 0 Å². The van der Waals surface area contributed by atoms with Gasteiger partial charge in [-0.25, -0.2) is 4.98 Å². The molecule has 0 saturated heterocycles. The van der Waals surface area contributed by atoms with Crippen LogP contribution >= 0.6 is 11.6 Å². The fourth-order valence-electron chi connectivity index (χ4n) is 5.44. The molecule has 3 heterocycles. The quantitative estimate of drug-likeness (QED) is 0.357. The van der Waals surface area contributed by atoms with Crippen molar-refractivity contribution in [2.24, 2.45) is 0 Å². The van der Waals surface area contributed by atoms with E-state index in [1.165, 1.54) is 0 Å². The lowest BCUT2D eigenvalue weighted by Gasteiger charge is -2.18. The Hall–Kier alpha value is -4.18. The third-order valence-corrected chi connectivity index (χ3v) is 7.49. The second-order valence-electron chi connectivity index (χ2n) is 9.50. The number of ether oxygens (including phenoxy) is 1. The van der Waals surface area contributed by atoms with E-state index in [9.17, 15) is 10.1 Å². The molecule has 1 aromatic heterocycles. The molecule has 6 nitrogen and oxygen atoms in total. The second kappa shape index (κ2) is 8.74. The van der Waals surface area contributed by atoms with Crippen LogP contribution < -0.4 is 11.1 Å². The fraction of sp³-hybridized carbons (Fsp3) is 0.167. The molecular formula is C30H23ClN4O2. The van der Waals surface area contributed by atoms with Gasteiger partial charge in [0.05, 0.1) is 11.6 Å². The van der Waals surface area contributed by atoms with E-state index in [1.54, 1.807) is 12.1 Å². The number of amides is 1. The number of nitrogens with zero attached hydrogens (tertiary/aromatic N) is 2. The number of nitriles is 1. The SMILES string of the molecule is Cc1cc(N)nc(C)c1CNC(=O)c1ccc2c(c1)C1OC2c2ccc(-c3ccc(Cl)cc3C#N)cc21. The Kier molecular flexibility index (Phi) is 5.49. The molecule has 3 N–H and O–H groups in total. The van der Waals surface area contributed by atoms with Gasteiger partial charge in [-0.15, -0.1) is 0 Å². The first-order chi connectivity index (χ1) is 17.8. The molecule has 2 aliphatic rings. The summed E-state index contributed by atoms with van der Waals surface area (Å²) in [4.78, 5) is 17.4. The van der Waals surface area contributed by atoms with Gasteiger partial charge in [0, 0.05) is 22.8 Å². The number of benzene rings is 3. The van der Waals surface area contributed by atoms with Gasteiger partial charge in [0.2, 0.25) is 0 Å². The number of anilines is 1. The zero-order valence-corrected chi connectivity index (χ0v) is 21.1. The molecule has 0 saturated carbocycles. The van der Waals surface area contributed by atoms with Crippen molar-refractivity contribution < 1.29 is 9.53 Å². The summed E-state index contributed by atoms with van der Waals surface area (Å²) in [5, 5.41) is 13.1. The number of hydrogen-bond acceptors (Lipinski definition) is 5. The zero-order chi connectivity index (χ0) is 25.8. The molecule has 6 rings (SSSR count). The van der Waals surface area contributed by atoms with Gasteiger partial charge in [0.1, 0.15) is 18.0 Å². The van der Waals surface area contributed by atoms with Crippen LogP contribution in [0.3, 0.4) is 0 Å². The Morgan fingerprint density at radius 3 is 2.51 bits per heavy atom. The molecule has 7 heteroatoms. The summed E-state index contributed by atoms with van der Waals surface area (Å²) in [6.45, 7) is 4.23. The summed E-state index contributed by atoms with van der Waals surface area (Å²) in [5.74, 6) is 0.317. The van der Waals surface area contributed by atoms with Gasteiger partial charge in [0.15, 0.2) is 0 Å². The summed E-state index contributed by atoms with van der Waals surface area (Å²) < 4.78 is 6.35. The van der Waals surface area contributed by atoms with Crippen molar-refractivity contribution >= 4 is 23.3 Å². The summed E-state index contributed by atoms with van der Waals surface area (Å²) in [5.41, 5.74) is 15.7. The molecule has 37 heavy (non-hydrogen) atoms. The standard InChI is InChI=1S/C30H23ClN4O2/c1-15-9-27(33)35-16(2)26(15)14-34-30(36)18-4-7-23-25(12-18)29-24-11-17(3-6-22(24)28(23)37-29)21-8-5-20(31)10-19(21)13-32/h3-12,28-29H,14H2,1-2H3,(H2,33,35)(H,34,36). The molecule has 0 spiro atoms. The highest BCUT2D eigenvalue weighted by Gasteiger charge is 2.43. The van der Waals surface area contributed by atoms with E-state index in [-0.39, 0.29) is 18.1 Å². The lowest BCUT2D eigenvalue weighted by molar-refractivity contribution is 0.0857. The third kappa shape index (κ3) is 3.84. The minimum atomic E-state index is -0.258. The number of carbonyl (C=O) groups excluding carboxylic acids is 1. The summed E-state index contributed by atoms with van der Waals surface area (Å²) in [6, 6.07) is 21.3. The maximum Gasteiger partial charge on any atom is 0.251 e. The summed E-state index contributed by atoms with van der Waals surface area (Å²) >= 11 is 6.09. The van der Waals surface area contributed by atoms with Gasteiger partial charge < -0.3 is 15.8 Å². The van der Waals surface area contributed by atoms with Crippen LogP contribution in [0, 0.1) is 25.2 Å². The van der Waals surface area contributed by atoms with Gasteiger partial charge in [-0.3, -0.25) is 4.79 Å². The molecule has 1 amide bonds. The largest absolute Gasteiger partial charge is 0.384 e. The minimum absolute atomic E-state index is 0.157.